The standard InChI is InChI=1S/C32H37BrN4O6/c1-22(2)15-16-37(29(38)20-34-32(41)35-25-11-7-9-23(17-25)18-31(40)42-4)27-13-5-6-14-28(27)43-21-30(39)36(3)26-12-8-10-24(33)19-26/h5-14,17,19,22H,15-16,18,20-21H2,1-4H3,(H2,34,35,41). The number of rotatable bonds is 13. The first-order valence-electron chi connectivity index (χ1n) is 13.8. The smallest absolute Gasteiger partial charge is 0.319 e. The minimum atomic E-state index is -0.571. The molecule has 228 valence electrons. The Morgan fingerprint density at radius 1 is 0.930 bits per heavy atom. The molecule has 0 atom stereocenters. The van der Waals surface area contributed by atoms with Crippen LogP contribution in [0.3, 0.4) is 0 Å². The van der Waals surface area contributed by atoms with Crippen LogP contribution in [0.2, 0.25) is 0 Å². The molecular weight excluding hydrogens is 616 g/mol. The minimum absolute atomic E-state index is 0.0737. The van der Waals surface area contributed by atoms with Gasteiger partial charge in [0.2, 0.25) is 5.91 Å². The lowest BCUT2D eigenvalue weighted by Crippen LogP contribution is -2.42. The molecule has 3 rings (SSSR count). The van der Waals surface area contributed by atoms with Crippen LogP contribution >= 0.6 is 15.9 Å². The summed E-state index contributed by atoms with van der Waals surface area (Å²) in [6.07, 6.45) is 0.786. The van der Waals surface area contributed by atoms with Crippen LogP contribution in [-0.4, -0.2) is 57.7 Å². The molecule has 3 aromatic rings. The van der Waals surface area contributed by atoms with Gasteiger partial charge in [-0.05, 0) is 60.4 Å². The van der Waals surface area contributed by atoms with Crippen LogP contribution in [0.15, 0.2) is 77.3 Å². The van der Waals surface area contributed by atoms with Gasteiger partial charge in [0.25, 0.3) is 5.91 Å². The number of anilines is 3. The molecule has 0 saturated heterocycles. The number of likely N-dealkylation sites (N-methyl/N-ethyl adjacent to an activating group) is 1. The van der Waals surface area contributed by atoms with E-state index in [1.807, 2.05) is 24.3 Å². The third-order valence-electron chi connectivity index (χ3n) is 6.47. The number of carbonyl (C=O) groups is 4. The maximum atomic E-state index is 13.4. The van der Waals surface area contributed by atoms with E-state index in [1.54, 1.807) is 60.5 Å². The molecule has 0 fully saturated rings. The Hall–Kier alpha value is -4.38. The molecule has 0 aliphatic carbocycles. The van der Waals surface area contributed by atoms with Gasteiger partial charge in [0.05, 0.1) is 25.8 Å². The Balaban J connectivity index is 1.67. The van der Waals surface area contributed by atoms with Gasteiger partial charge in [0.15, 0.2) is 6.61 Å². The van der Waals surface area contributed by atoms with E-state index >= 15 is 0 Å². The third kappa shape index (κ3) is 10.4. The molecule has 2 N–H and O–H groups in total. The number of nitrogens with zero attached hydrogens (tertiary/aromatic N) is 2. The quantitative estimate of drug-likeness (QED) is 0.239. The molecule has 10 nitrogen and oxygen atoms in total. The molecule has 0 aromatic heterocycles. The summed E-state index contributed by atoms with van der Waals surface area (Å²) in [6.45, 7) is 4.00. The predicted molar refractivity (Wildman–Crippen MR) is 170 cm³/mol. The van der Waals surface area contributed by atoms with Crippen molar-refractivity contribution in [3.05, 3.63) is 82.8 Å². The Kier molecular flexibility index (Phi) is 12.6. The number of para-hydroxylation sites is 2. The van der Waals surface area contributed by atoms with E-state index in [0.29, 0.717) is 47.3 Å². The lowest BCUT2D eigenvalue weighted by Gasteiger charge is -2.26. The number of urea groups is 1. The van der Waals surface area contributed by atoms with E-state index in [-0.39, 0.29) is 31.4 Å². The number of esters is 1. The zero-order valence-electron chi connectivity index (χ0n) is 24.8. The number of halogens is 1. The van der Waals surface area contributed by atoms with Crippen molar-refractivity contribution in [2.75, 3.05) is 49.0 Å². The molecule has 0 bridgehead atoms. The van der Waals surface area contributed by atoms with Crippen molar-refractivity contribution in [1.29, 1.82) is 0 Å². The second kappa shape index (κ2) is 16.3. The zero-order chi connectivity index (χ0) is 31.4. The highest BCUT2D eigenvalue weighted by Crippen LogP contribution is 2.29. The minimum Gasteiger partial charge on any atom is -0.482 e. The fourth-order valence-corrected chi connectivity index (χ4v) is 4.45. The van der Waals surface area contributed by atoms with E-state index in [1.165, 1.54) is 12.0 Å². The summed E-state index contributed by atoms with van der Waals surface area (Å²) < 4.78 is 11.5. The fraction of sp³-hybridized carbons (Fsp3) is 0.312. The lowest BCUT2D eigenvalue weighted by atomic mass is 10.1. The Labute approximate surface area is 260 Å². The molecule has 0 heterocycles. The maximum absolute atomic E-state index is 13.4. The number of hydrogen-bond acceptors (Lipinski definition) is 6. The average Bonchev–Trinajstić information content (AvgIpc) is 2.99. The van der Waals surface area contributed by atoms with Gasteiger partial charge in [-0.25, -0.2) is 4.79 Å². The van der Waals surface area contributed by atoms with Gasteiger partial charge < -0.3 is 29.9 Å². The summed E-state index contributed by atoms with van der Waals surface area (Å²) in [6, 6.07) is 20.6. The molecule has 0 aliphatic heterocycles. The van der Waals surface area contributed by atoms with Crippen LogP contribution in [0.1, 0.15) is 25.8 Å². The summed E-state index contributed by atoms with van der Waals surface area (Å²) in [5, 5.41) is 5.30. The van der Waals surface area contributed by atoms with E-state index in [2.05, 4.69) is 40.4 Å². The summed E-state index contributed by atoms with van der Waals surface area (Å²) in [5.41, 5.74) is 2.37. The number of nitrogens with one attached hydrogen (secondary N) is 2. The first-order valence-corrected chi connectivity index (χ1v) is 14.6. The first kappa shape index (κ1) is 33.1. The molecule has 11 heteroatoms. The highest BCUT2D eigenvalue weighted by molar-refractivity contribution is 9.10. The van der Waals surface area contributed by atoms with Gasteiger partial charge in [-0.2, -0.15) is 0 Å². The van der Waals surface area contributed by atoms with Gasteiger partial charge in [0, 0.05) is 29.4 Å². The Bertz CT molecular complexity index is 1430. The van der Waals surface area contributed by atoms with Crippen molar-refractivity contribution < 1.29 is 28.7 Å². The van der Waals surface area contributed by atoms with Crippen molar-refractivity contribution in [2.24, 2.45) is 5.92 Å². The largest absolute Gasteiger partial charge is 0.482 e. The van der Waals surface area contributed by atoms with E-state index in [4.69, 9.17) is 9.47 Å². The van der Waals surface area contributed by atoms with Crippen LogP contribution < -0.4 is 25.2 Å². The van der Waals surface area contributed by atoms with Crippen LogP contribution in [-0.2, 0) is 25.5 Å². The van der Waals surface area contributed by atoms with Crippen molar-refractivity contribution in [1.82, 2.24) is 5.32 Å². The summed E-state index contributed by atoms with van der Waals surface area (Å²) >= 11 is 3.42. The number of hydrogen-bond donors (Lipinski definition) is 2. The predicted octanol–water partition coefficient (Wildman–Crippen LogP) is 5.41. The van der Waals surface area contributed by atoms with Crippen LogP contribution in [0, 0.1) is 5.92 Å². The molecule has 0 radical (unpaired) electrons. The number of ether oxygens (including phenoxy) is 2. The van der Waals surface area contributed by atoms with E-state index in [9.17, 15) is 19.2 Å². The molecule has 0 spiro atoms. The number of amides is 4. The van der Waals surface area contributed by atoms with Gasteiger partial charge in [-0.1, -0.05) is 60.1 Å². The van der Waals surface area contributed by atoms with Crippen LogP contribution in [0.4, 0.5) is 21.9 Å². The molecular formula is C32H37BrN4O6. The van der Waals surface area contributed by atoms with Gasteiger partial charge in [0.1, 0.15) is 5.75 Å². The number of carbonyl (C=O) groups excluding carboxylic acids is 4. The van der Waals surface area contributed by atoms with E-state index in [0.717, 1.165) is 4.47 Å². The average molecular weight is 654 g/mol. The molecule has 0 unspecified atom stereocenters. The summed E-state index contributed by atoms with van der Waals surface area (Å²) in [5.74, 6) is -0.301. The van der Waals surface area contributed by atoms with Crippen LogP contribution in [0.25, 0.3) is 0 Å². The molecule has 4 amide bonds. The zero-order valence-corrected chi connectivity index (χ0v) is 26.3. The van der Waals surface area contributed by atoms with E-state index < -0.39 is 12.0 Å². The molecule has 0 saturated carbocycles. The highest BCUT2D eigenvalue weighted by atomic mass is 79.9. The topological polar surface area (TPSA) is 117 Å². The number of methoxy groups -OCH3 is 1. The maximum Gasteiger partial charge on any atom is 0.319 e. The second-order valence-corrected chi connectivity index (χ2v) is 11.1. The van der Waals surface area contributed by atoms with Crippen molar-refractivity contribution in [3.8, 4) is 5.75 Å². The normalized spacial score (nSPS) is 10.6. The monoisotopic (exact) mass is 652 g/mol. The summed E-state index contributed by atoms with van der Waals surface area (Å²) in [7, 11) is 2.98. The van der Waals surface area contributed by atoms with Gasteiger partial charge in [-0.3, -0.25) is 14.4 Å². The van der Waals surface area contributed by atoms with Crippen molar-refractivity contribution >= 4 is 56.8 Å². The number of benzene rings is 3. The van der Waals surface area contributed by atoms with Gasteiger partial charge in [-0.15, -0.1) is 0 Å². The molecule has 3 aromatic carbocycles. The summed E-state index contributed by atoms with van der Waals surface area (Å²) in [4.78, 5) is 53.6. The SMILES string of the molecule is COC(=O)Cc1cccc(NC(=O)NCC(=O)N(CCC(C)C)c2ccccc2OCC(=O)N(C)c2cccc(Br)c2)c1. The molecule has 0 aliphatic rings. The van der Waals surface area contributed by atoms with Crippen molar-refractivity contribution in [2.45, 2.75) is 26.7 Å². The molecule has 43 heavy (non-hydrogen) atoms. The Morgan fingerprint density at radius 2 is 1.67 bits per heavy atom. The van der Waals surface area contributed by atoms with Crippen molar-refractivity contribution in [3.63, 3.8) is 0 Å². The first-order chi connectivity index (χ1) is 20.6. The van der Waals surface area contributed by atoms with Crippen LogP contribution in [0.5, 0.6) is 5.75 Å². The lowest BCUT2D eigenvalue weighted by molar-refractivity contribution is -0.139. The fourth-order valence-electron chi connectivity index (χ4n) is 4.06. The second-order valence-electron chi connectivity index (χ2n) is 10.2. The third-order valence-corrected chi connectivity index (χ3v) is 6.96. The Morgan fingerprint density at radius 3 is 2.40 bits per heavy atom. The highest BCUT2D eigenvalue weighted by Gasteiger charge is 2.22. The van der Waals surface area contributed by atoms with Gasteiger partial charge >= 0.3 is 12.0 Å².